The summed E-state index contributed by atoms with van der Waals surface area (Å²) in [5, 5.41) is 3.14. The van der Waals surface area contributed by atoms with Crippen molar-refractivity contribution in [2.45, 2.75) is 20.3 Å². The summed E-state index contributed by atoms with van der Waals surface area (Å²) in [7, 11) is 0. The average Bonchev–Trinajstić information content (AvgIpc) is 2.29. The fourth-order valence-electron chi connectivity index (χ4n) is 1.21. The second kappa shape index (κ2) is 5.87. The van der Waals surface area contributed by atoms with Crippen LogP contribution in [0.2, 0.25) is 0 Å². The zero-order chi connectivity index (χ0) is 11.1. The molecule has 0 saturated carbocycles. The monoisotopic (exact) mass is 201 g/mol. The number of benzene rings is 1. The van der Waals surface area contributed by atoms with Gasteiger partial charge in [-0.3, -0.25) is 4.79 Å². The summed E-state index contributed by atoms with van der Waals surface area (Å²) in [6.45, 7) is 4.31. The van der Waals surface area contributed by atoms with E-state index < -0.39 is 0 Å². The quantitative estimate of drug-likeness (QED) is 0.599. The Morgan fingerprint density at radius 1 is 1.33 bits per heavy atom. The van der Waals surface area contributed by atoms with Gasteiger partial charge in [0.25, 0.3) is 0 Å². The summed E-state index contributed by atoms with van der Waals surface area (Å²) in [6.07, 6.45) is 0.550. The van der Waals surface area contributed by atoms with E-state index in [0.29, 0.717) is 13.0 Å². The highest BCUT2D eigenvalue weighted by Gasteiger charge is 2.01. The number of rotatable bonds is 4. The molecule has 0 aromatic heterocycles. The molecule has 0 amide bonds. The number of ketones is 1. The zero-order valence-corrected chi connectivity index (χ0v) is 9.13. The van der Waals surface area contributed by atoms with Crippen molar-refractivity contribution in [1.29, 1.82) is 0 Å². The van der Waals surface area contributed by atoms with Crippen molar-refractivity contribution in [1.82, 2.24) is 0 Å². The van der Waals surface area contributed by atoms with Gasteiger partial charge in [-0.25, -0.2) is 0 Å². The van der Waals surface area contributed by atoms with Crippen molar-refractivity contribution in [3.8, 4) is 11.8 Å². The first-order valence-electron chi connectivity index (χ1n) is 5.04. The molecular weight excluding hydrogens is 186 g/mol. The molecule has 0 bridgehead atoms. The van der Waals surface area contributed by atoms with Gasteiger partial charge in [0.2, 0.25) is 0 Å². The van der Waals surface area contributed by atoms with E-state index in [1.54, 1.807) is 0 Å². The predicted molar refractivity (Wildman–Crippen MR) is 63.0 cm³/mol. The van der Waals surface area contributed by atoms with E-state index in [4.69, 9.17) is 0 Å². The van der Waals surface area contributed by atoms with Crippen LogP contribution in [0.15, 0.2) is 24.3 Å². The van der Waals surface area contributed by atoms with Crippen molar-refractivity contribution in [2.75, 3.05) is 11.9 Å². The Kier molecular flexibility index (Phi) is 4.43. The highest BCUT2D eigenvalue weighted by Crippen LogP contribution is 2.10. The third-order valence-electron chi connectivity index (χ3n) is 2.09. The normalized spacial score (nSPS) is 8.93. The topological polar surface area (TPSA) is 29.1 Å². The van der Waals surface area contributed by atoms with E-state index >= 15 is 0 Å². The molecule has 0 unspecified atom stereocenters. The van der Waals surface area contributed by atoms with Gasteiger partial charge in [0.15, 0.2) is 5.78 Å². The first-order chi connectivity index (χ1) is 7.27. The summed E-state index contributed by atoms with van der Waals surface area (Å²) in [6, 6.07) is 7.49. The van der Waals surface area contributed by atoms with E-state index in [2.05, 4.69) is 17.2 Å². The van der Waals surface area contributed by atoms with Crippen LogP contribution in [0.4, 0.5) is 5.69 Å². The lowest BCUT2D eigenvalue weighted by atomic mass is 10.1. The van der Waals surface area contributed by atoms with Gasteiger partial charge in [-0.15, -0.1) is 5.92 Å². The van der Waals surface area contributed by atoms with Gasteiger partial charge >= 0.3 is 0 Å². The van der Waals surface area contributed by atoms with E-state index in [0.717, 1.165) is 11.3 Å². The third kappa shape index (κ3) is 3.47. The molecule has 0 aliphatic heterocycles. The van der Waals surface area contributed by atoms with Crippen LogP contribution < -0.4 is 5.32 Å². The van der Waals surface area contributed by atoms with Crippen LogP contribution in [-0.4, -0.2) is 12.3 Å². The molecule has 0 heterocycles. The second-order valence-electron chi connectivity index (χ2n) is 3.13. The lowest BCUT2D eigenvalue weighted by molar-refractivity contribution is 0.0988. The number of nitrogens with one attached hydrogen (secondary N) is 1. The number of Topliss-reactive ketones (excluding diaryl/α,β-unsaturated/α-hetero) is 1. The molecule has 0 spiro atoms. The minimum atomic E-state index is 0.176. The Bertz CT molecular complexity index is 381. The summed E-state index contributed by atoms with van der Waals surface area (Å²) in [5.74, 6) is 5.90. The maximum absolute atomic E-state index is 11.3. The SMILES string of the molecule is CC#CCNc1ccc(C(=O)CC)cc1. The molecule has 1 aromatic rings. The van der Waals surface area contributed by atoms with Crippen LogP contribution in [0.5, 0.6) is 0 Å². The van der Waals surface area contributed by atoms with Crippen LogP contribution in [-0.2, 0) is 0 Å². The first kappa shape index (κ1) is 11.3. The first-order valence-corrected chi connectivity index (χ1v) is 5.04. The Balaban J connectivity index is 2.62. The highest BCUT2D eigenvalue weighted by molar-refractivity contribution is 5.96. The molecule has 1 rings (SSSR count). The fourth-order valence-corrected chi connectivity index (χ4v) is 1.21. The lowest BCUT2D eigenvalue weighted by Crippen LogP contribution is -2.00. The average molecular weight is 201 g/mol. The van der Waals surface area contributed by atoms with Crippen LogP contribution >= 0.6 is 0 Å². The predicted octanol–water partition coefficient (Wildman–Crippen LogP) is 2.71. The van der Waals surface area contributed by atoms with Gasteiger partial charge in [-0.1, -0.05) is 12.8 Å². The van der Waals surface area contributed by atoms with Crippen molar-refractivity contribution in [3.05, 3.63) is 29.8 Å². The molecule has 2 nitrogen and oxygen atoms in total. The van der Waals surface area contributed by atoms with Gasteiger partial charge in [0, 0.05) is 17.7 Å². The minimum Gasteiger partial charge on any atom is -0.374 e. The Morgan fingerprint density at radius 2 is 2.00 bits per heavy atom. The largest absolute Gasteiger partial charge is 0.374 e. The molecular formula is C13H15NO. The fraction of sp³-hybridized carbons (Fsp3) is 0.308. The van der Waals surface area contributed by atoms with Crippen molar-refractivity contribution in [2.24, 2.45) is 0 Å². The Hall–Kier alpha value is -1.75. The van der Waals surface area contributed by atoms with Gasteiger partial charge in [0.05, 0.1) is 6.54 Å². The minimum absolute atomic E-state index is 0.176. The standard InChI is InChI=1S/C13H15NO/c1-3-5-10-14-12-8-6-11(7-9-12)13(15)4-2/h6-9,14H,4,10H2,1-2H3. The molecule has 0 radical (unpaired) electrons. The van der Waals surface area contributed by atoms with Gasteiger partial charge in [0.1, 0.15) is 0 Å². The second-order valence-corrected chi connectivity index (χ2v) is 3.13. The maximum Gasteiger partial charge on any atom is 0.162 e. The van der Waals surface area contributed by atoms with Gasteiger partial charge < -0.3 is 5.32 Å². The molecule has 0 saturated heterocycles. The number of anilines is 1. The Morgan fingerprint density at radius 3 is 2.53 bits per heavy atom. The van der Waals surface area contributed by atoms with E-state index in [1.807, 2.05) is 38.1 Å². The zero-order valence-electron chi connectivity index (χ0n) is 9.13. The number of hydrogen-bond donors (Lipinski definition) is 1. The summed E-state index contributed by atoms with van der Waals surface area (Å²) in [4.78, 5) is 11.3. The third-order valence-corrected chi connectivity index (χ3v) is 2.09. The molecule has 2 heteroatoms. The highest BCUT2D eigenvalue weighted by atomic mass is 16.1. The molecule has 0 atom stereocenters. The molecule has 1 N–H and O–H groups in total. The number of carbonyl (C=O) groups excluding carboxylic acids is 1. The molecule has 0 fully saturated rings. The van der Waals surface area contributed by atoms with Crippen molar-refractivity contribution < 1.29 is 4.79 Å². The maximum atomic E-state index is 11.3. The van der Waals surface area contributed by atoms with Crippen LogP contribution in [0.3, 0.4) is 0 Å². The van der Waals surface area contributed by atoms with Crippen LogP contribution in [0.25, 0.3) is 0 Å². The summed E-state index contributed by atoms with van der Waals surface area (Å²) < 4.78 is 0. The molecule has 0 aliphatic carbocycles. The molecule has 0 aliphatic rings. The Labute approximate surface area is 90.7 Å². The van der Waals surface area contributed by atoms with E-state index in [9.17, 15) is 4.79 Å². The lowest BCUT2D eigenvalue weighted by Gasteiger charge is -2.03. The van der Waals surface area contributed by atoms with E-state index in [-0.39, 0.29) is 5.78 Å². The number of hydrogen-bond acceptors (Lipinski definition) is 2. The summed E-state index contributed by atoms with van der Waals surface area (Å²) >= 11 is 0. The van der Waals surface area contributed by atoms with Gasteiger partial charge in [-0.05, 0) is 31.2 Å². The van der Waals surface area contributed by atoms with Crippen LogP contribution in [0, 0.1) is 11.8 Å². The molecule has 1 aromatic carbocycles. The molecule has 78 valence electrons. The van der Waals surface area contributed by atoms with Crippen molar-refractivity contribution >= 4 is 11.5 Å². The summed E-state index contributed by atoms with van der Waals surface area (Å²) in [5.41, 5.74) is 1.76. The van der Waals surface area contributed by atoms with E-state index in [1.165, 1.54) is 0 Å². The van der Waals surface area contributed by atoms with Crippen LogP contribution in [0.1, 0.15) is 30.6 Å². The van der Waals surface area contributed by atoms with Crippen molar-refractivity contribution in [3.63, 3.8) is 0 Å². The molecule has 15 heavy (non-hydrogen) atoms. The smallest absolute Gasteiger partial charge is 0.162 e. The van der Waals surface area contributed by atoms with Gasteiger partial charge in [-0.2, -0.15) is 0 Å². The number of carbonyl (C=O) groups is 1.